The fraction of sp³-hybridized carbons (Fsp3) is 1.00. The van der Waals surface area contributed by atoms with E-state index >= 15 is 0 Å². The summed E-state index contributed by atoms with van der Waals surface area (Å²) in [6.07, 6.45) is 28.3. The van der Waals surface area contributed by atoms with Gasteiger partial charge in [-0.25, -0.2) is 0 Å². The van der Waals surface area contributed by atoms with E-state index in [9.17, 15) is 0 Å². The van der Waals surface area contributed by atoms with E-state index in [1.54, 1.807) is 20.1 Å². The van der Waals surface area contributed by atoms with Crippen LogP contribution in [-0.4, -0.2) is 7.28 Å². The summed E-state index contributed by atoms with van der Waals surface area (Å²) < 4.78 is 0. The Labute approximate surface area is 155 Å². The van der Waals surface area contributed by atoms with E-state index in [4.69, 9.17) is 0 Å². The Kier molecular flexibility index (Phi) is 15.2. The van der Waals surface area contributed by atoms with Crippen LogP contribution < -0.4 is 0 Å². The van der Waals surface area contributed by atoms with Crippen molar-refractivity contribution in [1.29, 1.82) is 0 Å². The van der Waals surface area contributed by atoms with Crippen LogP contribution in [0, 0.1) is 0 Å². The standard InChI is InChI=1S/C23H47B/c1-3-5-7-11-15-19-22(18-14-8-6-4-2)24-23-20-16-12-9-10-13-17-21-23/h22-24H,3-21H2,1-2H3. The van der Waals surface area contributed by atoms with Crippen molar-refractivity contribution in [2.45, 2.75) is 147 Å². The van der Waals surface area contributed by atoms with Gasteiger partial charge in [0.2, 0.25) is 0 Å². The molecule has 0 nitrogen and oxygen atoms in total. The second-order valence-electron chi connectivity index (χ2n) is 8.72. The van der Waals surface area contributed by atoms with Crippen LogP contribution in [-0.2, 0) is 0 Å². The van der Waals surface area contributed by atoms with Crippen LogP contribution >= 0.6 is 0 Å². The fourth-order valence-electron chi connectivity index (χ4n) is 4.70. The van der Waals surface area contributed by atoms with Crippen LogP contribution in [0.2, 0.25) is 11.6 Å². The van der Waals surface area contributed by atoms with Crippen LogP contribution in [0.15, 0.2) is 0 Å². The maximum absolute atomic E-state index is 2.34. The molecule has 24 heavy (non-hydrogen) atoms. The average Bonchev–Trinajstić information content (AvgIpc) is 2.72. The topological polar surface area (TPSA) is 0 Å². The van der Waals surface area contributed by atoms with Gasteiger partial charge in [-0.1, -0.05) is 147 Å². The third kappa shape index (κ3) is 12.4. The van der Waals surface area contributed by atoms with Gasteiger partial charge in [-0.05, 0) is 0 Å². The lowest BCUT2D eigenvalue weighted by Crippen LogP contribution is -2.12. The summed E-state index contributed by atoms with van der Waals surface area (Å²) in [6.45, 7) is 4.66. The Balaban J connectivity index is 2.32. The van der Waals surface area contributed by atoms with Crippen molar-refractivity contribution in [3.8, 4) is 0 Å². The van der Waals surface area contributed by atoms with Gasteiger partial charge in [0.1, 0.15) is 7.28 Å². The monoisotopic (exact) mass is 334 g/mol. The van der Waals surface area contributed by atoms with Crippen LogP contribution in [0.1, 0.15) is 136 Å². The third-order valence-corrected chi connectivity index (χ3v) is 6.32. The SMILES string of the molecule is CCCCCCCC(BC1CCCCCCCC1)CCCCCC. The third-order valence-electron chi connectivity index (χ3n) is 6.32. The molecular weight excluding hydrogens is 287 g/mol. The summed E-state index contributed by atoms with van der Waals surface area (Å²) in [5.74, 6) is 2.11. The Bertz CT molecular complexity index is 240. The van der Waals surface area contributed by atoms with E-state index in [-0.39, 0.29) is 0 Å². The van der Waals surface area contributed by atoms with Crippen molar-refractivity contribution >= 4 is 7.28 Å². The highest BCUT2D eigenvalue weighted by molar-refractivity contribution is 6.39. The molecule has 1 unspecified atom stereocenters. The van der Waals surface area contributed by atoms with E-state index < -0.39 is 0 Å². The second-order valence-corrected chi connectivity index (χ2v) is 8.72. The van der Waals surface area contributed by atoms with Crippen molar-refractivity contribution in [2.75, 3.05) is 0 Å². The molecule has 0 aliphatic heterocycles. The van der Waals surface area contributed by atoms with Gasteiger partial charge in [0.05, 0.1) is 0 Å². The van der Waals surface area contributed by atoms with Gasteiger partial charge >= 0.3 is 0 Å². The largest absolute Gasteiger partial charge is 0.127 e. The molecule has 0 saturated heterocycles. The summed E-state index contributed by atoms with van der Waals surface area (Å²) >= 11 is 0. The molecule has 0 aromatic carbocycles. The molecule has 1 heteroatoms. The maximum Gasteiger partial charge on any atom is 0.127 e. The zero-order valence-electron chi connectivity index (χ0n) is 17.3. The lowest BCUT2D eigenvalue weighted by molar-refractivity contribution is 0.533. The van der Waals surface area contributed by atoms with Crippen molar-refractivity contribution < 1.29 is 0 Å². The van der Waals surface area contributed by atoms with Gasteiger partial charge in [0, 0.05) is 0 Å². The summed E-state index contributed by atoms with van der Waals surface area (Å²) in [4.78, 5) is 0. The first-order valence-electron chi connectivity index (χ1n) is 11.9. The number of hydrogen-bond donors (Lipinski definition) is 0. The van der Waals surface area contributed by atoms with E-state index in [1.807, 2.05) is 0 Å². The molecule has 1 saturated carbocycles. The predicted octanol–water partition coefficient (Wildman–Crippen LogP) is 8.47. The smallest absolute Gasteiger partial charge is 0.0654 e. The first-order chi connectivity index (χ1) is 11.9. The molecule has 1 rings (SSSR count). The van der Waals surface area contributed by atoms with Crippen molar-refractivity contribution in [2.24, 2.45) is 0 Å². The van der Waals surface area contributed by atoms with E-state index in [0.29, 0.717) is 0 Å². The van der Waals surface area contributed by atoms with Gasteiger partial charge in [0.15, 0.2) is 0 Å². The minimum Gasteiger partial charge on any atom is -0.0654 e. The van der Waals surface area contributed by atoms with E-state index in [1.165, 1.54) is 109 Å². The number of hydrogen-bond acceptors (Lipinski definition) is 0. The molecule has 1 atom stereocenters. The molecule has 142 valence electrons. The number of rotatable bonds is 13. The molecule has 0 bridgehead atoms. The summed E-state index contributed by atoms with van der Waals surface area (Å²) in [7, 11) is 1.57. The minimum atomic E-state index is 1.05. The van der Waals surface area contributed by atoms with E-state index in [0.717, 1.165) is 11.6 Å². The fourth-order valence-corrected chi connectivity index (χ4v) is 4.70. The lowest BCUT2D eigenvalue weighted by Gasteiger charge is -2.22. The molecule has 1 aliphatic rings. The molecule has 1 aliphatic carbocycles. The molecule has 0 radical (unpaired) electrons. The zero-order valence-corrected chi connectivity index (χ0v) is 17.3. The zero-order chi connectivity index (χ0) is 17.3. The molecule has 0 aromatic rings. The highest BCUT2D eigenvalue weighted by Crippen LogP contribution is 2.32. The van der Waals surface area contributed by atoms with Crippen LogP contribution in [0.5, 0.6) is 0 Å². The van der Waals surface area contributed by atoms with Crippen LogP contribution in [0.3, 0.4) is 0 Å². The predicted molar refractivity (Wildman–Crippen MR) is 114 cm³/mol. The highest BCUT2D eigenvalue weighted by Gasteiger charge is 2.18. The van der Waals surface area contributed by atoms with Crippen molar-refractivity contribution in [3.05, 3.63) is 0 Å². The van der Waals surface area contributed by atoms with Crippen molar-refractivity contribution in [3.63, 3.8) is 0 Å². The van der Waals surface area contributed by atoms with Gasteiger partial charge in [0.25, 0.3) is 0 Å². The molecule has 0 amide bonds. The Morgan fingerprint density at radius 2 is 1.08 bits per heavy atom. The Morgan fingerprint density at radius 3 is 1.62 bits per heavy atom. The normalized spacial score (nSPS) is 18.6. The molecule has 0 N–H and O–H groups in total. The summed E-state index contributed by atoms with van der Waals surface area (Å²) in [5.41, 5.74) is 0. The van der Waals surface area contributed by atoms with Gasteiger partial charge in [-0.3, -0.25) is 0 Å². The molecular formula is C23H47B. The maximum atomic E-state index is 2.34. The second kappa shape index (κ2) is 16.5. The van der Waals surface area contributed by atoms with Crippen LogP contribution in [0.25, 0.3) is 0 Å². The van der Waals surface area contributed by atoms with Crippen LogP contribution in [0.4, 0.5) is 0 Å². The Hall–Kier alpha value is 0.0649. The van der Waals surface area contributed by atoms with Gasteiger partial charge < -0.3 is 0 Å². The Morgan fingerprint density at radius 1 is 0.625 bits per heavy atom. The van der Waals surface area contributed by atoms with Gasteiger partial charge in [-0.15, -0.1) is 0 Å². The molecule has 0 aromatic heterocycles. The summed E-state index contributed by atoms with van der Waals surface area (Å²) in [6, 6.07) is 0. The quantitative estimate of drug-likeness (QED) is 0.234. The average molecular weight is 334 g/mol. The molecule has 0 heterocycles. The molecule has 1 fully saturated rings. The van der Waals surface area contributed by atoms with E-state index in [2.05, 4.69) is 13.8 Å². The highest BCUT2D eigenvalue weighted by atomic mass is 14.1. The number of unbranched alkanes of at least 4 members (excludes halogenated alkanes) is 7. The summed E-state index contributed by atoms with van der Waals surface area (Å²) in [5, 5.41) is 0. The lowest BCUT2D eigenvalue weighted by atomic mass is 9.50. The van der Waals surface area contributed by atoms with Gasteiger partial charge in [-0.2, -0.15) is 0 Å². The first kappa shape index (κ1) is 22.1. The first-order valence-corrected chi connectivity index (χ1v) is 11.9. The molecule has 0 spiro atoms. The van der Waals surface area contributed by atoms with Crippen molar-refractivity contribution in [1.82, 2.24) is 0 Å². The minimum absolute atomic E-state index is 1.05.